The van der Waals surface area contributed by atoms with Crippen LogP contribution in [0.1, 0.15) is 45.9 Å². The molecule has 0 unspecified atom stereocenters. The second-order valence-electron chi connectivity index (χ2n) is 6.49. The van der Waals surface area contributed by atoms with Crippen LogP contribution >= 0.6 is 0 Å². The van der Waals surface area contributed by atoms with Crippen LogP contribution in [0.2, 0.25) is 0 Å². The van der Waals surface area contributed by atoms with Crippen molar-refractivity contribution in [3.8, 4) is 0 Å². The van der Waals surface area contributed by atoms with Crippen LogP contribution in [0.4, 0.5) is 11.4 Å². The van der Waals surface area contributed by atoms with Crippen molar-refractivity contribution in [1.82, 2.24) is 0 Å². The molecule has 0 bridgehead atoms. The molecule has 2 rings (SSSR count). The molecule has 0 radical (unpaired) electrons. The van der Waals surface area contributed by atoms with Gasteiger partial charge in [-0.2, -0.15) is 0 Å². The van der Waals surface area contributed by atoms with Crippen molar-refractivity contribution in [3.63, 3.8) is 0 Å². The molecule has 1 nitrogen and oxygen atoms in total. The largest absolute Gasteiger partial charge is 0.341 e. The summed E-state index contributed by atoms with van der Waals surface area (Å²) in [6.07, 6.45) is 0. The van der Waals surface area contributed by atoms with Crippen LogP contribution < -0.4 is 4.90 Å². The van der Waals surface area contributed by atoms with Gasteiger partial charge in [0.2, 0.25) is 0 Å². The summed E-state index contributed by atoms with van der Waals surface area (Å²) in [5.41, 5.74) is 12.4. The van der Waals surface area contributed by atoms with E-state index in [2.05, 4.69) is 78.5 Å². The van der Waals surface area contributed by atoms with Crippen LogP contribution in [0.25, 0.3) is 0 Å². The first-order valence-corrected chi connectivity index (χ1v) is 8.21. The summed E-state index contributed by atoms with van der Waals surface area (Å²) in [4.78, 5) is 2.45. The summed E-state index contributed by atoms with van der Waals surface area (Å²) in [6, 6.07) is 6.78. The second kappa shape index (κ2) is 6.16. The maximum Gasteiger partial charge on any atom is 0.0475 e. The molecule has 0 saturated carbocycles. The lowest BCUT2D eigenvalue weighted by atomic mass is 9.92. The normalized spacial score (nSPS) is 10.9. The Hall–Kier alpha value is -1.76. The van der Waals surface area contributed by atoms with E-state index in [-0.39, 0.29) is 0 Å². The topological polar surface area (TPSA) is 3.24 Å². The van der Waals surface area contributed by atoms with E-state index in [1.807, 2.05) is 0 Å². The smallest absolute Gasteiger partial charge is 0.0475 e. The predicted octanol–water partition coefficient (Wildman–Crippen LogP) is 6.00. The Balaban J connectivity index is 2.69. The van der Waals surface area contributed by atoms with Gasteiger partial charge >= 0.3 is 0 Å². The van der Waals surface area contributed by atoms with Crippen molar-refractivity contribution in [3.05, 3.63) is 57.1 Å². The lowest BCUT2D eigenvalue weighted by Crippen LogP contribution is -2.20. The molecule has 2 aromatic carbocycles. The van der Waals surface area contributed by atoms with Gasteiger partial charge in [0.05, 0.1) is 0 Å². The number of nitrogens with zero attached hydrogens (tertiary/aromatic N) is 1. The van der Waals surface area contributed by atoms with Crippen molar-refractivity contribution in [2.24, 2.45) is 0 Å². The molecule has 1 heteroatoms. The second-order valence-corrected chi connectivity index (χ2v) is 6.49. The van der Waals surface area contributed by atoms with Gasteiger partial charge in [-0.05, 0) is 106 Å². The molecule has 0 aliphatic heterocycles. The molecule has 0 heterocycles. The molecule has 2 aromatic rings. The van der Waals surface area contributed by atoms with E-state index < -0.39 is 0 Å². The van der Waals surface area contributed by atoms with Gasteiger partial charge in [-0.15, -0.1) is 0 Å². The number of hydrogen-bond acceptors (Lipinski definition) is 1. The average Bonchev–Trinajstić information content (AvgIpc) is 2.50. The Labute approximate surface area is 136 Å². The molecule has 0 fully saturated rings. The molecular formula is C21H29N. The Morgan fingerprint density at radius 3 is 1.64 bits per heavy atom. The molecule has 0 aliphatic rings. The first-order valence-electron chi connectivity index (χ1n) is 8.21. The molecule has 118 valence electrons. The number of hydrogen-bond donors (Lipinski definition) is 0. The zero-order valence-corrected chi connectivity index (χ0v) is 15.4. The van der Waals surface area contributed by atoms with E-state index in [1.54, 1.807) is 0 Å². The predicted molar refractivity (Wildman–Crippen MR) is 98.7 cm³/mol. The summed E-state index contributed by atoms with van der Waals surface area (Å²) < 4.78 is 0. The monoisotopic (exact) mass is 295 g/mol. The van der Waals surface area contributed by atoms with Crippen molar-refractivity contribution < 1.29 is 0 Å². The average molecular weight is 295 g/mol. The molecule has 0 N–H and O–H groups in total. The number of benzene rings is 2. The van der Waals surface area contributed by atoms with Crippen molar-refractivity contribution >= 4 is 11.4 Å². The Kier molecular flexibility index (Phi) is 4.65. The number of aryl methyl sites for hydroxylation is 2. The van der Waals surface area contributed by atoms with E-state index in [1.165, 1.54) is 50.3 Å². The third-order valence-corrected chi connectivity index (χ3v) is 5.35. The van der Waals surface area contributed by atoms with Gasteiger partial charge in [0.25, 0.3) is 0 Å². The zero-order chi connectivity index (χ0) is 16.6. The maximum atomic E-state index is 2.45. The molecule has 0 spiro atoms. The third-order valence-electron chi connectivity index (χ3n) is 5.35. The minimum absolute atomic E-state index is 0.978. The fourth-order valence-electron chi connectivity index (χ4n) is 3.25. The van der Waals surface area contributed by atoms with Crippen LogP contribution in [-0.2, 0) is 0 Å². The number of rotatable bonds is 3. The number of anilines is 2. The molecule has 0 saturated heterocycles. The Morgan fingerprint density at radius 1 is 0.682 bits per heavy atom. The molecule has 0 atom stereocenters. The zero-order valence-electron chi connectivity index (χ0n) is 15.4. The van der Waals surface area contributed by atoms with E-state index in [4.69, 9.17) is 0 Å². The Morgan fingerprint density at radius 2 is 1.18 bits per heavy atom. The van der Waals surface area contributed by atoms with E-state index in [9.17, 15) is 0 Å². The maximum absolute atomic E-state index is 2.45. The third kappa shape index (κ3) is 2.65. The first-order chi connectivity index (χ1) is 10.3. The fourth-order valence-corrected chi connectivity index (χ4v) is 3.25. The summed E-state index contributed by atoms with van der Waals surface area (Å²) in [7, 11) is 0. The summed E-state index contributed by atoms with van der Waals surface area (Å²) in [5, 5.41) is 0. The van der Waals surface area contributed by atoms with Crippen LogP contribution in [0.5, 0.6) is 0 Å². The standard InChI is InChI=1S/C21H29N/c1-9-22(20-11-10-13(2)14(3)12-20)21-18(7)16(5)15(4)17(6)19(21)8/h10-12H,9H2,1-8H3. The summed E-state index contributed by atoms with van der Waals surface area (Å²) in [5.74, 6) is 0. The van der Waals surface area contributed by atoms with Gasteiger partial charge in [-0.25, -0.2) is 0 Å². The molecular weight excluding hydrogens is 266 g/mol. The van der Waals surface area contributed by atoms with Gasteiger partial charge in [-0.1, -0.05) is 6.07 Å². The van der Waals surface area contributed by atoms with Gasteiger partial charge in [0.15, 0.2) is 0 Å². The van der Waals surface area contributed by atoms with E-state index in [0.717, 1.165) is 6.54 Å². The fraction of sp³-hybridized carbons (Fsp3) is 0.429. The van der Waals surface area contributed by atoms with Crippen LogP contribution in [0.15, 0.2) is 18.2 Å². The molecule has 22 heavy (non-hydrogen) atoms. The van der Waals surface area contributed by atoms with Crippen LogP contribution in [0, 0.1) is 48.5 Å². The summed E-state index contributed by atoms with van der Waals surface area (Å²) in [6.45, 7) is 18.8. The minimum atomic E-state index is 0.978. The van der Waals surface area contributed by atoms with Crippen LogP contribution in [-0.4, -0.2) is 6.54 Å². The molecule has 0 amide bonds. The lowest BCUT2D eigenvalue weighted by molar-refractivity contribution is 0.991. The van der Waals surface area contributed by atoms with Crippen molar-refractivity contribution in [2.45, 2.75) is 55.4 Å². The van der Waals surface area contributed by atoms with Gasteiger partial charge in [0, 0.05) is 17.9 Å². The first kappa shape index (κ1) is 16.6. The SMILES string of the molecule is CCN(c1ccc(C)c(C)c1)c1c(C)c(C)c(C)c(C)c1C. The lowest BCUT2D eigenvalue weighted by Gasteiger charge is -2.30. The molecule has 0 aliphatic carbocycles. The Bertz CT molecular complexity index is 681. The quantitative estimate of drug-likeness (QED) is 0.671. The highest BCUT2D eigenvalue weighted by molar-refractivity contribution is 5.73. The van der Waals surface area contributed by atoms with Crippen LogP contribution in [0.3, 0.4) is 0 Å². The van der Waals surface area contributed by atoms with E-state index in [0.29, 0.717) is 0 Å². The summed E-state index contributed by atoms with van der Waals surface area (Å²) >= 11 is 0. The van der Waals surface area contributed by atoms with Gasteiger partial charge < -0.3 is 4.90 Å². The molecule has 0 aromatic heterocycles. The van der Waals surface area contributed by atoms with Crippen molar-refractivity contribution in [2.75, 3.05) is 11.4 Å². The van der Waals surface area contributed by atoms with E-state index >= 15 is 0 Å². The van der Waals surface area contributed by atoms with Crippen molar-refractivity contribution in [1.29, 1.82) is 0 Å². The highest BCUT2D eigenvalue weighted by atomic mass is 15.1. The van der Waals surface area contributed by atoms with Gasteiger partial charge in [0.1, 0.15) is 0 Å². The highest BCUT2D eigenvalue weighted by Crippen LogP contribution is 2.37. The highest BCUT2D eigenvalue weighted by Gasteiger charge is 2.18. The van der Waals surface area contributed by atoms with Gasteiger partial charge in [-0.3, -0.25) is 0 Å². The minimum Gasteiger partial charge on any atom is -0.341 e.